The first-order valence-corrected chi connectivity index (χ1v) is 11.0. The maximum absolute atomic E-state index is 12.6. The molecule has 0 saturated heterocycles. The Hall–Kier alpha value is -3.84. The van der Waals surface area contributed by atoms with Crippen LogP contribution in [0.1, 0.15) is 72.1 Å². The zero-order chi connectivity index (χ0) is 23.7. The Labute approximate surface area is 193 Å². The van der Waals surface area contributed by atoms with E-state index in [1.807, 2.05) is 42.5 Å². The minimum Gasteiger partial charge on any atom is -0.465 e. The maximum Gasteiger partial charge on any atom is 0.352 e. The van der Waals surface area contributed by atoms with Crippen molar-refractivity contribution in [3.8, 4) is 34.3 Å². The lowest BCUT2D eigenvalue weighted by Crippen LogP contribution is -2.00. The first-order chi connectivity index (χ1) is 15.8. The normalized spacial score (nSPS) is 11.1. The number of rotatable bonds is 3. The van der Waals surface area contributed by atoms with Gasteiger partial charge in [0.1, 0.15) is 11.3 Å². The highest BCUT2D eigenvalue weighted by Crippen LogP contribution is 2.34. The molecule has 166 valence electrons. The van der Waals surface area contributed by atoms with Gasteiger partial charge in [-0.1, -0.05) is 69.9 Å². The van der Waals surface area contributed by atoms with Crippen molar-refractivity contribution in [2.45, 2.75) is 39.5 Å². The molecular weight excluding hydrogens is 412 g/mol. The Morgan fingerprint density at radius 2 is 1.48 bits per heavy atom. The Balaban J connectivity index is 1.89. The molecule has 0 radical (unpaired) electrons. The highest BCUT2D eigenvalue weighted by atomic mass is 16.5. The number of ether oxygens (including phenoxy) is 1. The van der Waals surface area contributed by atoms with Crippen molar-refractivity contribution in [3.05, 3.63) is 92.8 Å². The van der Waals surface area contributed by atoms with E-state index in [2.05, 4.69) is 39.5 Å². The largest absolute Gasteiger partial charge is 0.465 e. The average Bonchev–Trinajstić information content (AvgIpc) is 3.05. The summed E-state index contributed by atoms with van der Waals surface area (Å²) in [6, 6.07) is 17.3. The molecule has 4 rings (SSSR count). The minimum absolute atomic E-state index is 0.295. The minimum atomic E-state index is -0.463. The molecule has 3 aliphatic carbocycles. The van der Waals surface area contributed by atoms with Crippen LogP contribution in [0, 0.1) is 11.8 Å². The van der Waals surface area contributed by atoms with Gasteiger partial charge in [-0.2, -0.15) is 0 Å². The fraction of sp³-hybridized carbons (Fsp3) is 0.241. The summed E-state index contributed by atoms with van der Waals surface area (Å²) in [5.74, 6) is 6.84. The first-order valence-electron chi connectivity index (χ1n) is 11.0. The van der Waals surface area contributed by atoms with Gasteiger partial charge in [0.25, 0.3) is 0 Å². The lowest BCUT2D eigenvalue weighted by Gasteiger charge is -2.04. The molecule has 1 heterocycles. The van der Waals surface area contributed by atoms with Crippen molar-refractivity contribution in [2.24, 2.45) is 0 Å². The predicted octanol–water partition coefficient (Wildman–Crippen LogP) is 6.28. The Kier molecular flexibility index (Phi) is 6.07. The van der Waals surface area contributed by atoms with Crippen molar-refractivity contribution in [3.63, 3.8) is 0 Å². The summed E-state index contributed by atoms with van der Waals surface area (Å²) in [6.45, 7) is 8.41. The molecule has 0 aromatic heterocycles. The van der Waals surface area contributed by atoms with Gasteiger partial charge < -0.3 is 9.15 Å². The molecule has 4 nitrogen and oxygen atoms in total. The van der Waals surface area contributed by atoms with Crippen LogP contribution in [-0.2, 0) is 4.74 Å². The summed E-state index contributed by atoms with van der Waals surface area (Å²) in [7, 11) is 1.37. The van der Waals surface area contributed by atoms with Crippen molar-refractivity contribution < 1.29 is 13.9 Å². The van der Waals surface area contributed by atoms with Crippen molar-refractivity contribution in [1.29, 1.82) is 0 Å². The van der Waals surface area contributed by atoms with Crippen LogP contribution in [0.5, 0.6) is 0 Å². The van der Waals surface area contributed by atoms with Crippen LogP contribution < -0.4 is 5.63 Å². The van der Waals surface area contributed by atoms with E-state index in [1.165, 1.54) is 7.11 Å². The number of hydrogen-bond acceptors (Lipinski definition) is 4. The van der Waals surface area contributed by atoms with Crippen LogP contribution in [-0.4, -0.2) is 13.1 Å². The van der Waals surface area contributed by atoms with E-state index in [1.54, 1.807) is 12.1 Å². The summed E-state index contributed by atoms with van der Waals surface area (Å²) in [5.41, 5.74) is 5.49. The number of methoxy groups -OCH3 is 1. The molecule has 4 aliphatic rings. The molecule has 4 heteroatoms. The number of fused-ring (bicyclic) bond motifs is 2. The Bertz CT molecular complexity index is 1400. The van der Waals surface area contributed by atoms with Crippen LogP contribution >= 0.6 is 0 Å². The second kappa shape index (κ2) is 8.96. The molecule has 1 aliphatic heterocycles. The van der Waals surface area contributed by atoms with E-state index in [0.717, 1.165) is 22.3 Å². The van der Waals surface area contributed by atoms with Gasteiger partial charge in [0.15, 0.2) is 0 Å². The van der Waals surface area contributed by atoms with Crippen molar-refractivity contribution in [2.75, 3.05) is 7.11 Å². The molecule has 0 N–H and O–H groups in total. The summed E-state index contributed by atoms with van der Waals surface area (Å²) < 4.78 is 10.5. The standard InChI is InChI=1S/C29H26O4/c1-17(2)19-8-6-10-22-21(16-26(24(22)14-19)28(30)32-5)12-13-23-25-15-20(18(3)4)9-7-11-27(25)33-29(23)31/h6-11,14-18H,1-5H3. The molecule has 0 fully saturated rings. The molecule has 33 heavy (non-hydrogen) atoms. The summed E-state index contributed by atoms with van der Waals surface area (Å²) in [4.78, 5) is 25.1. The summed E-state index contributed by atoms with van der Waals surface area (Å²) in [5, 5.41) is 0. The molecule has 0 saturated carbocycles. The molecule has 0 aromatic carbocycles. The van der Waals surface area contributed by atoms with Crippen LogP contribution in [0.4, 0.5) is 0 Å². The highest BCUT2D eigenvalue weighted by molar-refractivity contribution is 6.01. The van der Waals surface area contributed by atoms with Gasteiger partial charge in [0.2, 0.25) is 0 Å². The van der Waals surface area contributed by atoms with Crippen LogP contribution in [0.2, 0.25) is 0 Å². The summed E-state index contributed by atoms with van der Waals surface area (Å²) >= 11 is 0. The monoisotopic (exact) mass is 438 g/mol. The Morgan fingerprint density at radius 3 is 2.12 bits per heavy atom. The number of hydrogen-bond donors (Lipinski definition) is 0. The fourth-order valence-electron chi connectivity index (χ4n) is 3.91. The molecular formula is C29H26O4. The average molecular weight is 439 g/mol. The first kappa shape index (κ1) is 22.4. The number of esters is 1. The van der Waals surface area contributed by atoms with Crippen molar-refractivity contribution in [1.82, 2.24) is 0 Å². The second-order valence-corrected chi connectivity index (χ2v) is 8.73. The number of furan rings is 1. The van der Waals surface area contributed by atoms with Gasteiger partial charge >= 0.3 is 11.6 Å². The van der Waals surface area contributed by atoms with Gasteiger partial charge in [0.05, 0.1) is 12.7 Å². The van der Waals surface area contributed by atoms with E-state index >= 15 is 0 Å². The lowest BCUT2D eigenvalue weighted by atomic mass is 10.0. The van der Waals surface area contributed by atoms with Gasteiger partial charge in [0, 0.05) is 11.1 Å². The number of carbonyl (C=O) groups is 1. The van der Waals surface area contributed by atoms with E-state index in [0.29, 0.717) is 39.8 Å². The molecule has 0 unspecified atom stereocenters. The third-order valence-electron chi connectivity index (χ3n) is 5.87. The molecule has 0 bridgehead atoms. The molecule has 0 amide bonds. The van der Waals surface area contributed by atoms with Gasteiger partial charge in [-0.05, 0) is 58.4 Å². The third-order valence-corrected chi connectivity index (χ3v) is 5.87. The highest BCUT2D eigenvalue weighted by Gasteiger charge is 2.21. The zero-order valence-electron chi connectivity index (χ0n) is 19.5. The smallest absolute Gasteiger partial charge is 0.352 e. The second-order valence-electron chi connectivity index (χ2n) is 8.73. The van der Waals surface area contributed by atoms with Gasteiger partial charge in [-0.15, -0.1) is 0 Å². The molecule has 0 atom stereocenters. The lowest BCUT2D eigenvalue weighted by molar-refractivity contribution is 0.0602. The third kappa shape index (κ3) is 4.27. The number of carbonyl (C=O) groups excluding carboxylic acids is 1. The molecule has 0 spiro atoms. The van der Waals surface area contributed by atoms with E-state index in [4.69, 9.17) is 9.15 Å². The predicted molar refractivity (Wildman–Crippen MR) is 130 cm³/mol. The van der Waals surface area contributed by atoms with Gasteiger partial charge in [-0.25, -0.2) is 9.59 Å². The van der Waals surface area contributed by atoms with Crippen LogP contribution in [0.3, 0.4) is 0 Å². The van der Waals surface area contributed by atoms with Gasteiger partial charge in [-0.3, -0.25) is 0 Å². The van der Waals surface area contributed by atoms with E-state index in [9.17, 15) is 9.59 Å². The SMILES string of the molecule is COC(=O)c1cc(C#Cc2c3cc(C(C)C)cccc-3oc2=O)c2cccc(C(C)C)cc1-2. The van der Waals surface area contributed by atoms with Crippen LogP contribution in [0.25, 0.3) is 22.5 Å². The molecule has 0 aromatic rings. The quantitative estimate of drug-likeness (QED) is 0.279. The van der Waals surface area contributed by atoms with E-state index in [-0.39, 0.29) is 0 Å². The Morgan fingerprint density at radius 1 is 0.848 bits per heavy atom. The van der Waals surface area contributed by atoms with Crippen LogP contribution in [0.15, 0.2) is 63.8 Å². The zero-order valence-corrected chi connectivity index (χ0v) is 19.5. The maximum atomic E-state index is 12.6. The van der Waals surface area contributed by atoms with Crippen molar-refractivity contribution >= 4 is 5.97 Å². The van der Waals surface area contributed by atoms with E-state index < -0.39 is 11.6 Å². The fourth-order valence-corrected chi connectivity index (χ4v) is 3.91. The summed E-state index contributed by atoms with van der Waals surface area (Å²) in [6.07, 6.45) is 0. The topological polar surface area (TPSA) is 56.5 Å².